The lowest BCUT2D eigenvalue weighted by Gasteiger charge is -2.18. The van der Waals surface area contributed by atoms with E-state index in [4.69, 9.17) is 9.47 Å². The Kier molecular flexibility index (Phi) is 5.83. The molecule has 1 heterocycles. The van der Waals surface area contributed by atoms with Crippen molar-refractivity contribution >= 4 is 38.8 Å². The van der Waals surface area contributed by atoms with Gasteiger partial charge in [-0.3, -0.25) is 14.4 Å². The molecule has 9 nitrogen and oxygen atoms in total. The minimum Gasteiger partial charge on any atom is -0.495 e. The van der Waals surface area contributed by atoms with Crippen molar-refractivity contribution in [2.75, 3.05) is 35.9 Å². The van der Waals surface area contributed by atoms with Crippen LogP contribution in [0.15, 0.2) is 42.5 Å². The number of hydrogen-bond donors (Lipinski definition) is 2. The molecule has 1 aliphatic rings. The average molecular weight is 418 g/mol. The average Bonchev–Trinajstić information content (AvgIpc) is 2.66. The van der Waals surface area contributed by atoms with Crippen LogP contribution in [0.4, 0.5) is 11.4 Å². The van der Waals surface area contributed by atoms with Crippen molar-refractivity contribution in [2.24, 2.45) is 0 Å². The summed E-state index contributed by atoms with van der Waals surface area (Å²) in [5.41, 5.74) is 0.702. The number of carbonyl (C=O) groups is 3. The summed E-state index contributed by atoms with van der Waals surface area (Å²) in [5.74, 6) is -2.79. The third-order valence-electron chi connectivity index (χ3n) is 4.02. The van der Waals surface area contributed by atoms with Gasteiger partial charge in [-0.2, -0.15) is 0 Å². The first kappa shape index (κ1) is 20.3. The molecule has 0 bridgehead atoms. The molecule has 1 aliphatic heterocycles. The van der Waals surface area contributed by atoms with E-state index in [1.54, 1.807) is 24.3 Å². The van der Waals surface area contributed by atoms with Crippen LogP contribution in [0.1, 0.15) is 10.4 Å². The van der Waals surface area contributed by atoms with Gasteiger partial charge in [0.25, 0.3) is 5.91 Å². The van der Waals surface area contributed by atoms with E-state index in [1.165, 1.54) is 25.3 Å². The number of methoxy groups -OCH3 is 1. The van der Waals surface area contributed by atoms with Crippen molar-refractivity contribution in [1.29, 1.82) is 0 Å². The number of amides is 2. The van der Waals surface area contributed by atoms with Crippen molar-refractivity contribution in [3.8, 4) is 11.5 Å². The molecule has 0 radical (unpaired) electrons. The van der Waals surface area contributed by atoms with Gasteiger partial charge >= 0.3 is 0 Å². The number of ketones is 1. The van der Waals surface area contributed by atoms with Gasteiger partial charge < -0.3 is 20.1 Å². The quantitative estimate of drug-likeness (QED) is 0.648. The first-order valence-corrected chi connectivity index (χ1v) is 10.3. The van der Waals surface area contributed by atoms with Crippen LogP contribution < -0.4 is 20.1 Å². The number of ether oxygens (including phenoxy) is 2. The second-order valence-electron chi connectivity index (χ2n) is 6.25. The molecule has 0 saturated heterocycles. The molecular weight excluding hydrogens is 400 g/mol. The van der Waals surface area contributed by atoms with E-state index in [-0.39, 0.29) is 18.1 Å². The lowest BCUT2D eigenvalue weighted by atomic mass is 10.1. The van der Waals surface area contributed by atoms with Crippen molar-refractivity contribution < 1.29 is 32.3 Å². The van der Waals surface area contributed by atoms with Crippen LogP contribution in [0.2, 0.25) is 0 Å². The summed E-state index contributed by atoms with van der Waals surface area (Å²) >= 11 is 0. The van der Waals surface area contributed by atoms with Crippen LogP contribution in [0.3, 0.4) is 0 Å². The molecule has 0 saturated carbocycles. The van der Waals surface area contributed by atoms with Gasteiger partial charge in [0.2, 0.25) is 5.91 Å². The summed E-state index contributed by atoms with van der Waals surface area (Å²) < 4.78 is 34.9. The zero-order valence-electron chi connectivity index (χ0n) is 15.4. The van der Waals surface area contributed by atoms with E-state index in [0.717, 1.165) is 0 Å². The van der Waals surface area contributed by atoms with Crippen LogP contribution in [-0.2, 0) is 19.4 Å². The summed E-state index contributed by atoms with van der Waals surface area (Å²) in [6, 6.07) is 10.8. The Morgan fingerprint density at radius 2 is 1.93 bits per heavy atom. The molecule has 0 atom stereocenters. The van der Waals surface area contributed by atoms with Gasteiger partial charge in [-0.15, -0.1) is 0 Å². The predicted octanol–water partition coefficient (Wildman–Crippen LogP) is 1.26. The van der Waals surface area contributed by atoms with Crippen molar-refractivity contribution in [2.45, 2.75) is 0 Å². The fraction of sp³-hybridized carbons (Fsp3) is 0.211. The number of anilines is 2. The molecule has 152 valence electrons. The lowest BCUT2D eigenvalue weighted by Crippen LogP contribution is -2.28. The number of para-hydroxylation sites is 2. The Labute approximate surface area is 166 Å². The van der Waals surface area contributed by atoms with Crippen LogP contribution in [-0.4, -0.2) is 51.2 Å². The topological polar surface area (TPSA) is 128 Å². The maximum absolute atomic E-state index is 12.4. The molecule has 10 heteroatoms. The SMILES string of the molecule is COc1ccccc1NC(=O)CS(=O)(=O)CC(=O)c1ccc2c(c1)NC(=O)CO2. The third-order valence-corrected chi connectivity index (χ3v) is 5.42. The van der Waals surface area contributed by atoms with Gasteiger partial charge in [-0.1, -0.05) is 12.1 Å². The highest BCUT2D eigenvalue weighted by Gasteiger charge is 2.24. The number of Topliss-reactive ketones (excluding diaryl/α,β-unsaturated/α-hetero) is 1. The zero-order chi connectivity index (χ0) is 21.0. The first-order chi connectivity index (χ1) is 13.8. The first-order valence-electron chi connectivity index (χ1n) is 8.50. The van der Waals surface area contributed by atoms with Gasteiger partial charge in [-0.25, -0.2) is 8.42 Å². The standard InChI is InChI=1S/C19H18N2O7S/c1-27-16-5-3-2-4-13(16)20-19(24)11-29(25,26)10-15(22)12-6-7-17-14(8-12)21-18(23)9-28-17/h2-8H,9-11H2,1H3,(H,20,24)(H,21,23). The van der Waals surface area contributed by atoms with Crippen LogP contribution in [0, 0.1) is 0 Å². The molecule has 2 N–H and O–H groups in total. The molecule has 0 aliphatic carbocycles. The summed E-state index contributed by atoms with van der Waals surface area (Å²) in [4.78, 5) is 35.9. The Balaban J connectivity index is 1.66. The molecule has 2 amide bonds. The Morgan fingerprint density at radius 1 is 1.17 bits per heavy atom. The highest BCUT2D eigenvalue weighted by Crippen LogP contribution is 2.28. The number of nitrogens with one attached hydrogen (secondary N) is 2. The minimum atomic E-state index is -4.02. The van der Waals surface area contributed by atoms with Gasteiger partial charge in [-0.05, 0) is 30.3 Å². The maximum Gasteiger partial charge on any atom is 0.262 e. The van der Waals surface area contributed by atoms with Gasteiger partial charge in [0, 0.05) is 5.56 Å². The highest BCUT2D eigenvalue weighted by molar-refractivity contribution is 7.92. The Hall–Kier alpha value is -3.40. The summed E-state index contributed by atoms with van der Waals surface area (Å²) in [6.07, 6.45) is 0. The van der Waals surface area contributed by atoms with E-state index >= 15 is 0 Å². The number of benzene rings is 2. The lowest BCUT2D eigenvalue weighted by molar-refractivity contribution is -0.118. The molecule has 0 unspecified atom stereocenters. The van der Waals surface area contributed by atoms with Crippen LogP contribution in [0.5, 0.6) is 11.5 Å². The van der Waals surface area contributed by atoms with Crippen molar-refractivity contribution in [3.05, 3.63) is 48.0 Å². The fourth-order valence-electron chi connectivity index (χ4n) is 2.72. The molecule has 3 rings (SSSR count). The number of hydrogen-bond acceptors (Lipinski definition) is 7. The van der Waals surface area contributed by atoms with E-state index in [0.29, 0.717) is 22.9 Å². The molecule has 2 aromatic carbocycles. The summed E-state index contributed by atoms with van der Waals surface area (Å²) in [7, 11) is -2.60. The fourth-order valence-corrected chi connectivity index (χ4v) is 3.86. The van der Waals surface area contributed by atoms with E-state index in [2.05, 4.69) is 10.6 Å². The molecule has 2 aromatic rings. The molecule has 0 fully saturated rings. The smallest absolute Gasteiger partial charge is 0.262 e. The summed E-state index contributed by atoms with van der Waals surface area (Å²) in [5, 5.41) is 5.00. The van der Waals surface area contributed by atoms with E-state index < -0.39 is 33.0 Å². The zero-order valence-corrected chi connectivity index (χ0v) is 16.2. The minimum absolute atomic E-state index is 0.0864. The number of carbonyl (C=O) groups excluding carboxylic acids is 3. The van der Waals surface area contributed by atoms with E-state index in [1.807, 2.05) is 0 Å². The van der Waals surface area contributed by atoms with Gasteiger partial charge in [0.1, 0.15) is 23.0 Å². The number of fused-ring (bicyclic) bond motifs is 1. The summed E-state index contributed by atoms with van der Waals surface area (Å²) in [6.45, 7) is -0.129. The second-order valence-corrected chi connectivity index (χ2v) is 8.32. The third kappa shape index (κ3) is 5.11. The largest absolute Gasteiger partial charge is 0.495 e. The van der Waals surface area contributed by atoms with Crippen molar-refractivity contribution in [1.82, 2.24) is 0 Å². The Bertz CT molecular complexity index is 1080. The monoisotopic (exact) mass is 418 g/mol. The number of sulfone groups is 1. The van der Waals surface area contributed by atoms with Crippen molar-refractivity contribution in [3.63, 3.8) is 0 Å². The van der Waals surface area contributed by atoms with E-state index in [9.17, 15) is 22.8 Å². The Morgan fingerprint density at radius 3 is 2.69 bits per heavy atom. The maximum atomic E-state index is 12.4. The van der Waals surface area contributed by atoms with Crippen LogP contribution in [0.25, 0.3) is 0 Å². The van der Waals surface area contributed by atoms with Crippen LogP contribution >= 0.6 is 0 Å². The highest BCUT2D eigenvalue weighted by atomic mass is 32.2. The van der Waals surface area contributed by atoms with Gasteiger partial charge in [0.15, 0.2) is 22.2 Å². The number of rotatable bonds is 7. The molecule has 29 heavy (non-hydrogen) atoms. The van der Waals surface area contributed by atoms with Gasteiger partial charge in [0.05, 0.1) is 18.5 Å². The predicted molar refractivity (Wildman–Crippen MR) is 105 cm³/mol. The molecular formula is C19H18N2O7S. The molecule has 0 spiro atoms. The second kappa shape index (κ2) is 8.31. The molecule has 0 aromatic heterocycles. The normalized spacial score (nSPS) is 12.9.